The van der Waals surface area contributed by atoms with Crippen molar-refractivity contribution in [2.75, 3.05) is 19.6 Å². The largest absolute Gasteiger partial charge is 0.330 e. The lowest BCUT2D eigenvalue weighted by Gasteiger charge is -2.32. The van der Waals surface area contributed by atoms with Crippen LogP contribution >= 0.6 is 0 Å². The summed E-state index contributed by atoms with van der Waals surface area (Å²) in [6, 6.07) is 0.815. The van der Waals surface area contributed by atoms with Crippen LogP contribution in [0.2, 0.25) is 0 Å². The Bertz CT molecular complexity index is 189. The van der Waals surface area contributed by atoms with Gasteiger partial charge >= 0.3 is 0 Å². The van der Waals surface area contributed by atoms with E-state index in [0.29, 0.717) is 0 Å². The molecule has 15 heavy (non-hydrogen) atoms. The molecular weight excluding hydrogens is 184 g/mol. The molecule has 2 saturated carbocycles. The van der Waals surface area contributed by atoms with Crippen LogP contribution in [0, 0.1) is 11.8 Å². The molecule has 2 rings (SSSR count). The maximum atomic E-state index is 5.88. The van der Waals surface area contributed by atoms with Crippen LogP contribution in [-0.4, -0.2) is 30.6 Å². The topological polar surface area (TPSA) is 29.3 Å². The molecule has 2 atom stereocenters. The molecule has 2 aliphatic rings. The van der Waals surface area contributed by atoms with Gasteiger partial charge in [0.05, 0.1) is 0 Å². The molecule has 0 spiro atoms. The van der Waals surface area contributed by atoms with Gasteiger partial charge in [-0.2, -0.15) is 0 Å². The van der Waals surface area contributed by atoms with Crippen molar-refractivity contribution < 1.29 is 0 Å². The normalized spacial score (nSPS) is 31.4. The van der Waals surface area contributed by atoms with Crippen molar-refractivity contribution in [3.63, 3.8) is 0 Å². The summed E-state index contributed by atoms with van der Waals surface area (Å²) in [7, 11) is 0. The second-order valence-corrected chi connectivity index (χ2v) is 5.43. The highest BCUT2D eigenvalue weighted by Gasteiger charge is 2.33. The summed E-state index contributed by atoms with van der Waals surface area (Å²) in [4.78, 5) is 2.75. The summed E-state index contributed by atoms with van der Waals surface area (Å²) >= 11 is 0. The zero-order valence-electron chi connectivity index (χ0n) is 10.1. The van der Waals surface area contributed by atoms with Gasteiger partial charge in [-0.05, 0) is 57.0 Å². The number of hydrogen-bond donors (Lipinski definition) is 1. The first kappa shape index (κ1) is 11.4. The fraction of sp³-hybridized carbons (Fsp3) is 1.00. The molecule has 0 aromatic heterocycles. The van der Waals surface area contributed by atoms with E-state index in [1.807, 2.05) is 0 Å². The van der Waals surface area contributed by atoms with Gasteiger partial charge in [-0.3, -0.25) is 4.90 Å². The zero-order valence-corrected chi connectivity index (χ0v) is 10.1. The third kappa shape index (κ3) is 2.94. The quantitative estimate of drug-likeness (QED) is 0.728. The van der Waals surface area contributed by atoms with E-state index in [9.17, 15) is 0 Å². The Labute approximate surface area is 94.2 Å². The third-order valence-corrected chi connectivity index (χ3v) is 4.09. The fourth-order valence-electron chi connectivity index (χ4n) is 3.08. The standard InChI is InChI=1S/C13H26N2/c1-2-8-15(10-11-6-7-11)13-5-3-4-12(13)9-14/h11-13H,2-10,14H2,1H3. The number of rotatable bonds is 6. The molecule has 2 fully saturated rings. The lowest BCUT2D eigenvalue weighted by molar-refractivity contribution is 0.155. The molecule has 0 bridgehead atoms. The highest BCUT2D eigenvalue weighted by atomic mass is 15.2. The van der Waals surface area contributed by atoms with Crippen LogP contribution in [0.15, 0.2) is 0 Å². The van der Waals surface area contributed by atoms with Gasteiger partial charge in [0, 0.05) is 12.6 Å². The average molecular weight is 210 g/mol. The first-order valence-electron chi connectivity index (χ1n) is 6.79. The molecular formula is C13H26N2. The van der Waals surface area contributed by atoms with Gasteiger partial charge in [0.15, 0.2) is 0 Å². The number of nitrogens with zero attached hydrogens (tertiary/aromatic N) is 1. The van der Waals surface area contributed by atoms with Gasteiger partial charge in [0.2, 0.25) is 0 Å². The van der Waals surface area contributed by atoms with Crippen LogP contribution in [0.1, 0.15) is 45.4 Å². The van der Waals surface area contributed by atoms with Crippen LogP contribution in [0.25, 0.3) is 0 Å². The summed E-state index contributed by atoms with van der Waals surface area (Å²) in [5.41, 5.74) is 5.88. The second kappa shape index (κ2) is 5.31. The Balaban J connectivity index is 1.88. The molecule has 0 saturated heterocycles. The maximum absolute atomic E-state index is 5.88. The van der Waals surface area contributed by atoms with Gasteiger partial charge in [-0.25, -0.2) is 0 Å². The molecule has 0 aromatic rings. The van der Waals surface area contributed by atoms with Crippen molar-refractivity contribution in [3.05, 3.63) is 0 Å². The Hall–Kier alpha value is -0.0800. The Morgan fingerprint density at radius 1 is 1.20 bits per heavy atom. The van der Waals surface area contributed by atoms with Crippen molar-refractivity contribution in [3.8, 4) is 0 Å². The van der Waals surface area contributed by atoms with Gasteiger partial charge in [0.1, 0.15) is 0 Å². The molecule has 2 N–H and O–H groups in total. The van der Waals surface area contributed by atoms with Crippen LogP contribution in [-0.2, 0) is 0 Å². The lowest BCUT2D eigenvalue weighted by atomic mass is 10.0. The van der Waals surface area contributed by atoms with E-state index in [0.717, 1.165) is 24.4 Å². The number of hydrogen-bond acceptors (Lipinski definition) is 2. The molecule has 2 aliphatic carbocycles. The molecule has 2 nitrogen and oxygen atoms in total. The number of nitrogens with two attached hydrogens (primary N) is 1. The summed E-state index contributed by atoms with van der Waals surface area (Å²) in [5.74, 6) is 1.81. The van der Waals surface area contributed by atoms with Gasteiger partial charge in [-0.15, -0.1) is 0 Å². The molecule has 0 heterocycles. The molecule has 0 aromatic carbocycles. The Kier molecular flexibility index (Phi) is 4.04. The van der Waals surface area contributed by atoms with E-state index in [4.69, 9.17) is 5.73 Å². The van der Waals surface area contributed by atoms with E-state index in [1.165, 1.54) is 51.6 Å². The van der Waals surface area contributed by atoms with Crippen molar-refractivity contribution in [2.45, 2.75) is 51.5 Å². The highest BCUT2D eigenvalue weighted by Crippen LogP contribution is 2.34. The smallest absolute Gasteiger partial charge is 0.0136 e. The van der Waals surface area contributed by atoms with E-state index in [-0.39, 0.29) is 0 Å². The minimum absolute atomic E-state index is 0.787. The van der Waals surface area contributed by atoms with Gasteiger partial charge in [-0.1, -0.05) is 13.3 Å². The molecule has 0 amide bonds. The van der Waals surface area contributed by atoms with Crippen LogP contribution in [0.3, 0.4) is 0 Å². The summed E-state index contributed by atoms with van der Waals surface area (Å²) in [5, 5.41) is 0. The van der Waals surface area contributed by atoms with E-state index in [1.54, 1.807) is 0 Å². The van der Waals surface area contributed by atoms with Crippen molar-refractivity contribution in [1.29, 1.82) is 0 Å². The summed E-state index contributed by atoms with van der Waals surface area (Å²) < 4.78 is 0. The van der Waals surface area contributed by atoms with Crippen LogP contribution < -0.4 is 5.73 Å². The van der Waals surface area contributed by atoms with Crippen molar-refractivity contribution in [2.24, 2.45) is 17.6 Å². The predicted molar refractivity (Wildman–Crippen MR) is 64.8 cm³/mol. The average Bonchev–Trinajstić information content (AvgIpc) is 2.93. The summed E-state index contributed by atoms with van der Waals surface area (Å²) in [6.45, 7) is 5.84. The first-order chi connectivity index (χ1) is 7.35. The zero-order chi connectivity index (χ0) is 10.7. The fourth-order valence-corrected chi connectivity index (χ4v) is 3.08. The minimum Gasteiger partial charge on any atom is -0.330 e. The van der Waals surface area contributed by atoms with E-state index in [2.05, 4.69) is 11.8 Å². The first-order valence-corrected chi connectivity index (χ1v) is 6.79. The van der Waals surface area contributed by atoms with Crippen molar-refractivity contribution >= 4 is 0 Å². The van der Waals surface area contributed by atoms with E-state index >= 15 is 0 Å². The lowest BCUT2D eigenvalue weighted by Crippen LogP contribution is -2.41. The molecule has 88 valence electrons. The van der Waals surface area contributed by atoms with E-state index < -0.39 is 0 Å². The Morgan fingerprint density at radius 3 is 2.60 bits per heavy atom. The second-order valence-electron chi connectivity index (χ2n) is 5.43. The molecule has 2 heteroatoms. The van der Waals surface area contributed by atoms with Crippen LogP contribution in [0.5, 0.6) is 0 Å². The third-order valence-electron chi connectivity index (χ3n) is 4.09. The predicted octanol–water partition coefficient (Wildman–Crippen LogP) is 2.24. The molecule has 2 unspecified atom stereocenters. The SMILES string of the molecule is CCCN(CC1CC1)C1CCCC1CN. The van der Waals surface area contributed by atoms with Crippen LogP contribution in [0.4, 0.5) is 0 Å². The maximum Gasteiger partial charge on any atom is 0.0136 e. The van der Waals surface area contributed by atoms with Gasteiger partial charge < -0.3 is 5.73 Å². The Morgan fingerprint density at radius 2 is 2.00 bits per heavy atom. The highest BCUT2D eigenvalue weighted by molar-refractivity contribution is 4.88. The minimum atomic E-state index is 0.787. The summed E-state index contributed by atoms with van der Waals surface area (Å²) in [6.07, 6.45) is 8.40. The monoisotopic (exact) mass is 210 g/mol. The molecule has 0 radical (unpaired) electrons. The van der Waals surface area contributed by atoms with Crippen molar-refractivity contribution in [1.82, 2.24) is 4.90 Å². The molecule has 0 aliphatic heterocycles. The van der Waals surface area contributed by atoms with Gasteiger partial charge in [0.25, 0.3) is 0 Å².